The quantitative estimate of drug-likeness (QED) is 0.275. The predicted octanol–water partition coefficient (Wildman–Crippen LogP) is 6.62. The molecule has 3 aromatic carbocycles. The highest BCUT2D eigenvalue weighted by Crippen LogP contribution is 2.29. The number of rotatable bonds is 6. The third-order valence-corrected chi connectivity index (χ3v) is 6.90. The van der Waals surface area contributed by atoms with Crippen LogP contribution in [0, 0.1) is 0 Å². The van der Waals surface area contributed by atoms with Gasteiger partial charge in [-0.1, -0.05) is 37.7 Å². The van der Waals surface area contributed by atoms with E-state index in [2.05, 4.69) is 39.0 Å². The number of urea groups is 1. The third kappa shape index (κ3) is 6.74. The molecule has 3 amide bonds. The zero-order chi connectivity index (χ0) is 29.1. The van der Waals surface area contributed by atoms with Gasteiger partial charge in [0.05, 0.1) is 17.1 Å². The van der Waals surface area contributed by atoms with Crippen molar-refractivity contribution in [3.63, 3.8) is 0 Å². The Hall–Kier alpha value is -4.65. The van der Waals surface area contributed by atoms with E-state index >= 15 is 0 Å². The molecule has 1 fully saturated rings. The summed E-state index contributed by atoms with van der Waals surface area (Å²) in [6.45, 7) is 4.13. The first-order valence-electron chi connectivity index (χ1n) is 12.4. The van der Waals surface area contributed by atoms with E-state index in [1.807, 2.05) is 24.3 Å². The Morgan fingerprint density at radius 1 is 1.05 bits per heavy atom. The standard InChI is InChI=1S/C28H23F3N6O3S/c1-17(2)19-4-3-5-22(14-19)37-24(38)15-41-27(37)34-26(39)33-20-8-6-18(7-9-20)25-32-16-36(35-25)21-10-12-23(13-11-21)40-28(29,30)31/h3-14,16-17H,15H2,1-2H3,(H,33,39). The maximum Gasteiger partial charge on any atom is 0.573 e. The van der Waals surface area contributed by atoms with Crippen molar-refractivity contribution in [1.29, 1.82) is 0 Å². The highest BCUT2D eigenvalue weighted by atomic mass is 32.2. The van der Waals surface area contributed by atoms with E-state index in [0.29, 0.717) is 33.6 Å². The molecule has 210 valence electrons. The first kappa shape index (κ1) is 27.9. The Bertz CT molecular complexity index is 1600. The summed E-state index contributed by atoms with van der Waals surface area (Å²) in [5, 5.41) is 7.37. The number of nitrogens with zero attached hydrogens (tertiary/aromatic N) is 5. The summed E-state index contributed by atoms with van der Waals surface area (Å²) in [4.78, 5) is 35.1. The van der Waals surface area contributed by atoms with Crippen LogP contribution in [0.15, 0.2) is 84.1 Å². The Morgan fingerprint density at radius 3 is 2.46 bits per heavy atom. The SMILES string of the molecule is CC(C)c1cccc(N2C(=O)CSC2=NC(=O)Nc2ccc(-c3ncn(-c4ccc(OC(F)(F)F)cc4)n3)cc2)c1. The van der Waals surface area contributed by atoms with Crippen LogP contribution >= 0.6 is 11.8 Å². The smallest absolute Gasteiger partial charge is 0.406 e. The van der Waals surface area contributed by atoms with E-state index in [4.69, 9.17) is 0 Å². The number of hydrogen-bond donors (Lipinski definition) is 1. The molecule has 0 aliphatic carbocycles. The average molecular weight is 581 g/mol. The predicted molar refractivity (Wildman–Crippen MR) is 150 cm³/mol. The molecule has 0 atom stereocenters. The van der Waals surface area contributed by atoms with Gasteiger partial charge in [-0.2, -0.15) is 4.99 Å². The first-order chi connectivity index (χ1) is 19.6. The number of nitrogens with one attached hydrogen (secondary N) is 1. The molecule has 0 unspecified atom stereocenters. The van der Waals surface area contributed by atoms with Crippen molar-refractivity contribution in [2.24, 2.45) is 4.99 Å². The number of carbonyl (C=O) groups excluding carboxylic acids is 2. The zero-order valence-corrected chi connectivity index (χ0v) is 22.6. The van der Waals surface area contributed by atoms with Gasteiger partial charge in [0.15, 0.2) is 11.0 Å². The van der Waals surface area contributed by atoms with Crippen molar-refractivity contribution in [3.8, 4) is 22.8 Å². The molecule has 0 saturated carbocycles. The van der Waals surface area contributed by atoms with Crippen LogP contribution in [-0.4, -0.2) is 44.0 Å². The molecule has 9 nitrogen and oxygen atoms in total. The van der Waals surface area contributed by atoms with Gasteiger partial charge < -0.3 is 10.1 Å². The van der Waals surface area contributed by atoms with Gasteiger partial charge in [0.2, 0.25) is 5.91 Å². The number of aliphatic imine (C=N–C) groups is 1. The highest BCUT2D eigenvalue weighted by Gasteiger charge is 2.31. The summed E-state index contributed by atoms with van der Waals surface area (Å²) >= 11 is 1.20. The second-order valence-corrected chi connectivity index (χ2v) is 10.2. The number of alkyl halides is 3. The maximum absolute atomic E-state index is 12.7. The molecular weight excluding hydrogens is 557 g/mol. The molecule has 41 heavy (non-hydrogen) atoms. The van der Waals surface area contributed by atoms with Crippen LogP contribution < -0.4 is 15.0 Å². The van der Waals surface area contributed by atoms with Crippen LogP contribution in [0.2, 0.25) is 0 Å². The monoisotopic (exact) mass is 580 g/mol. The summed E-state index contributed by atoms with van der Waals surface area (Å²) in [7, 11) is 0. The van der Waals surface area contributed by atoms with E-state index in [0.717, 1.165) is 5.56 Å². The van der Waals surface area contributed by atoms with Gasteiger partial charge in [-0.15, -0.1) is 18.3 Å². The summed E-state index contributed by atoms with van der Waals surface area (Å²) in [5.74, 6) is 0.362. The lowest BCUT2D eigenvalue weighted by Crippen LogP contribution is -2.30. The molecule has 0 spiro atoms. The molecule has 1 aromatic heterocycles. The summed E-state index contributed by atoms with van der Waals surface area (Å²) in [6, 6.07) is 19.0. The lowest BCUT2D eigenvalue weighted by Gasteiger charge is -2.17. The largest absolute Gasteiger partial charge is 0.573 e. The van der Waals surface area contributed by atoms with Crippen molar-refractivity contribution in [2.45, 2.75) is 26.1 Å². The summed E-state index contributed by atoms with van der Waals surface area (Å²) < 4.78 is 42.4. The van der Waals surface area contributed by atoms with E-state index < -0.39 is 12.4 Å². The molecule has 1 N–H and O–H groups in total. The van der Waals surface area contributed by atoms with Gasteiger partial charge in [0, 0.05) is 11.3 Å². The van der Waals surface area contributed by atoms with Crippen molar-refractivity contribution in [2.75, 3.05) is 16.0 Å². The third-order valence-electron chi connectivity index (χ3n) is 5.98. The number of anilines is 2. The first-order valence-corrected chi connectivity index (χ1v) is 13.4. The van der Waals surface area contributed by atoms with Gasteiger partial charge in [-0.3, -0.25) is 9.69 Å². The molecule has 0 bridgehead atoms. The fraction of sp³-hybridized carbons (Fsp3) is 0.179. The normalized spacial score (nSPS) is 14.6. The van der Waals surface area contributed by atoms with Crippen molar-refractivity contribution >= 4 is 40.2 Å². The lowest BCUT2D eigenvalue weighted by molar-refractivity contribution is -0.274. The Balaban J connectivity index is 1.25. The van der Waals surface area contributed by atoms with Crippen LogP contribution in [0.25, 0.3) is 17.1 Å². The number of hydrogen-bond acceptors (Lipinski definition) is 6. The van der Waals surface area contributed by atoms with Gasteiger partial charge >= 0.3 is 12.4 Å². The van der Waals surface area contributed by atoms with Gasteiger partial charge in [0.1, 0.15) is 12.1 Å². The minimum absolute atomic E-state index is 0.149. The molecule has 1 aliphatic heterocycles. The van der Waals surface area contributed by atoms with Gasteiger partial charge in [0.25, 0.3) is 0 Å². The van der Waals surface area contributed by atoms with Gasteiger partial charge in [-0.25, -0.2) is 14.5 Å². The van der Waals surface area contributed by atoms with Crippen LogP contribution in [0.1, 0.15) is 25.3 Å². The molecule has 13 heteroatoms. The summed E-state index contributed by atoms with van der Waals surface area (Å²) in [6.07, 6.45) is -3.33. The molecule has 1 saturated heterocycles. The second kappa shape index (κ2) is 11.5. The molecule has 5 rings (SSSR count). The Kier molecular flexibility index (Phi) is 7.79. The van der Waals surface area contributed by atoms with Crippen molar-refractivity contribution in [1.82, 2.24) is 14.8 Å². The zero-order valence-electron chi connectivity index (χ0n) is 21.8. The number of amidine groups is 1. The molecular formula is C28H23F3N6O3S. The highest BCUT2D eigenvalue weighted by molar-refractivity contribution is 8.15. The van der Waals surface area contributed by atoms with E-state index in [-0.39, 0.29) is 23.3 Å². The molecule has 1 aliphatic rings. The minimum Gasteiger partial charge on any atom is -0.406 e. The second-order valence-electron chi connectivity index (χ2n) is 9.22. The maximum atomic E-state index is 12.7. The number of halogens is 3. The molecule has 2 heterocycles. The number of benzene rings is 3. The van der Waals surface area contributed by atoms with Crippen LogP contribution in [0.5, 0.6) is 5.75 Å². The van der Waals surface area contributed by atoms with Crippen molar-refractivity contribution in [3.05, 3.63) is 84.7 Å². The average Bonchev–Trinajstić information content (AvgIpc) is 3.56. The van der Waals surface area contributed by atoms with E-state index in [9.17, 15) is 22.8 Å². The number of carbonyl (C=O) groups is 2. The Morgan fingerprint density at radius 2 is 1.78 bits per heavy atom. The van der Waals surface area contributed by atoms with Crippen LogP contribution in [0.4, 0.5) is 29.3 Å². The van der Waals surface area contributed by atoms with Crippen LogP contribution in [0.3, 0.4) is 0 Å². The molecule has 4 aromatic rings. The minimum atomic E-state index is -4.77. The van der Waals surface area contributed by atoms with E-state index in [1.54, 1.807) is 24.3 Å². The fourth-order valence-electron chi connectivity index (χ4n) is 3.98. The number of amides is 3. The summed E-state index contributed by atoms with van der Waals surface area (Å²) in [5.41, 5.74) is 3.36. The topological polar surface area (TPSA) is 102 Å². The number of thioether (sulfide) groups is 1. The fourth-order valence-corrected chi connectivity index (χ4v) is 4.85. The molecule has 0 radical (unpaired) electrons. The Labute approximate surface area is 237 Å². The van der Waals surface area contributed by atoms with Gasteiger partial charge in [-0.05, 0) is 72.1 Å². The number of ether oxygens (including phenoxy) is 1. The van der Waals surface area contributed by atoms with Crippen LogP contribution in [-0.2, 0) is 4.79 Å². The number of aromatic nitrogens is 3. The van der Waals surface area contributed by atoms with E-state index in [1.165, 1.54) is 51.9 Å². The lowest BCUT2D eigenvalue weighted by atomic mass is 10.0. The van der Waals surface area contributed by atoms with Crippen molar-refractivity contribution < 1.29 is 27.5 Å².